The highest BCUT2D eigenvalue weighted by molar-refractivity contribution is 4.82. The molecule has 0 aromatic carbocycles. The van der Waals surface area contributed by atoms with Gasteiger partial charge in [-0.15, -0.1) is 0 Å². The van der Waals surface area contributed by atoms with Gasteiger partial charge in [-0.3, -0.25) is 0 Å². The predicted molar refractivity (Wildman–Crippen MR) is 57.5 cm³/mol. The maximum atomic E-state index is 5.56. The van der Waals surface area contributed by atoms with Gasteiger partial charge < -0.3 is 15.0 Å². The minimum absolute atomic E-state index is 0.813. The van der Waals surface area contributed by atoms with Gasteiger partial charge in [-0.25, -0.2) is 0 Å². The van der Waals surface area contributed by atoms with Crippen molar-refractivity contribution >= 4 is 0 Å². The van der Waals surface area contributed by atoms with Gasteiger partial charge >= 0.3 is 0 Å². The first-order chi connectivity index (χ1) is 6.86. The number of likely N-dealkylation sites (N-methyl/N-ethyl adjacent to an activating group) is 1. The Morgan fingerprint density at radius 1 is 1.21 bits per heavy atom. The van der Waals surface area contributed by atoms with Gasteiger partial charge in [0.2, 0.25) is 0 Å². The molecule has 0 aromatic heterocycles. The number of nitrogens with one attached hydrogen (secondary N) is 1. The number of hydrogen-bond acceptors (Lipinski definition) is 3. The molecule has 82 valence electrons. The maximum absolute atomic E-state index is 5.56. The van der Waals surface area contributed by atoms with Crippen molar-refractivity contribution in [1.82, 2.24) is 10.2 Å². The zero-order chi connectivity index (χ0) is 9.80. The van der Waals surface area contributed by atoms with Crippen LogP contribution in [-0.2, 0) is 4.74 Å². The molecule has 1 N–H and O–H groups in total. The molecule has 14 heavy (non-hydrogen) atoms. The van der Waals surface area contributed by atoms with Gasteiger partial charge in [0.15, 0.2) is 0 Å². The molecule has 2 aliphatic rings. The molecule has 0 saturated heterocycles. The molecule has 3 nitrogen and oxygen atoms in total. The molecule has 0 heterocycles. The summed E-state index contributed by atoms with van der Waals surface area (Å²) in [4.78, 5) is 2.41. The van der Waals surface area contributed by atoms with Crippen molar-refractivity contribution in [2.24, 2.45) is 0 Å². The Balaban J connectivity index is 1.35. The quantitative estimate of drug-likeness (QED) is 0.585. The lowest BCUT2D eigenvalue weighted by Crippen LogP contribution is -2.27. The highest BCUT2D eigenvalue weighted by Gasteiger charge is 2.25. The monoisotopic (exact) mass is 198 g/mol. The summed E-state index contributed by atoms with van der Waals surface area (Å²) < 4.78 is 5.56. The Kier molecular flexibility index (Phi) is 3.79. The fourth-order valence-electron chi connectivity index (χ4n) is 1.63. The van der Waals surface area contributed by atoms with Crippen LogP contribution in [0.5, 0.6) is 0 Å². The van der Waals surface area contributed by atoms with Gasteiger partial charge in [0.05, 0.1) is 13.2 Å². The summed E-state index contributed by atoms with van der Waals surface area (Å²) >= 11 is 0. The second-order valence-corrected chi connectivity index (χ2v) is 4.55. The van der Waals surface area contributed by atoms with E-state index in [4.69, 9.17) is 4.74 Å². The lowest BCUT2D eigenvalue weighted by atomic mass is 10.5. The molecule has 3 heteroatoms. The summed E-state index contributed by atoms with van der Waals surface area (Å²) in [6.07, 6.45) is 5.51. The highest BCUT2D eigenvalue weighted by atomic mass is 16.5. The van der Waals surface area contributed by atoms with E-state index in [1.165, 1.54) is 25.7 Å². The third kappa shape index (κ3) is 3.95. The summed E-state index contributed by atoms with van der Waals surface area (Å²) in [5.41, 5.74) is 0. The SMILES string of the molecule is CN(CCOCCNC1CC1)C1CC1. The minimum Gasteiger partial charge on any atom is -0.379 e. The fraction of sp³-hybridized carbons (Fsp3) is 1.00. The molecule has 2 rings (SSSR count). The molecule has 0 unspecified atom stereocenters. The van der Waals surface area contributed by atoms with Crippen LogP contribution >= 0.6 is 0 Å². The molecule has 0 spiro atoms. The third-order valence-corrected chi connectivity index (χ3v) is 3.02. The van der Waals surface area contributed by atoms with E-state index in [0.717, 1.165) is 38.4 Å². The lowest BCUT2D eigenvalue weighted by Gasteiger charge is -2.15. The number of hydrogen-bond donors (Lipinski definition) is 1. The average Bonchev–Trinajstić information content (AvgIpc) is 3.04. The summed E-state index contributed by atoms with van der Waals surface area (Å²) in [6, 6.07) is 1.68. The van der Waals surface area contributed by atoms with Gasteiger partial charge in [0, 0.05) is 25.2 Å². The molecule has 0 bridgehead atoms. The van der Waals surface area contributed by atoms with Crippen LogP contribution in [0.1, 0.15) is 25.7 Å². The molecule has 2 saturated carbocycles. The van der Waals surface area contributed by atoms with Crippen molar-refractivity contribution in [2.45, 2.75) is 37.8 Å². The number of rotatable bonds is 8. The van der Waals surface area contributed by atoms with Crippen LogP contribution in [0.4, 0.5) is 0 Å². The first kappa shape index (κ1) is 10.4. The van der Waals surface area contributed by atoms with E-state index in [1.807, 2.05) is 0 Å². The molecule has 2 fully saturated rings. The zero-order valence-electron chi connectivity index (χ0n) is 9.17. The van der Waals surface area contributed by atoms with Crippen LogP contribution in [-0.4, -0.2) is 50.3 Å². The Hall–Kier alpha value is -0.120. The van der Waals surface area contributed by atoms with E-state index in [-0.39, 0.29) is 0 Å². The molecule has 2 aliphatic carbocycles. The third-order valence-electron chi connectivity index (χ3n) is 3.02. The normalized spacial score (nSPS) is 21.9. The van der Waals surface area contributed by atoms with E-state index in [9.17, 15) is 0 Å². The van der Waals surface area contributed by atoms with Gasteiger partial charge in [-0.2, -0.15) is 0 Å². The van der Waals surface area contributed by atoms with Crippen LogP contribution in [0.15, 0.2) is 0 Å². The standard InChI is InChI=1S/C11H22N2O/c1-13(11-4-5-11)7-9-14-8-6-12-10-2-3-10/h10-12H,2-9H2,1H3. The maximum Gasteiger partial charge on any atom is 0.0594 e. The molecule has 0 radical (unpaired) electrons. The second kappa shape index (κ2) is 5.10. The van der Waals surface area contributed by atoms with Crippen molar-refractivity contribution in [2.75, 3.05) is 33.4 Å². The second-order valence-electron chi connectivity index (χ2n) is 4.55. The number of ether oxygens (including phenoxy) is 1. The van der Waals surface area contributed by atoms with Crippen molar-refractivity contribution in [3.8, 4) is 0 Å². The van der Waals surface area contributed by atoms with Crippen LogP contribution in [0.2, 0.25) is 0 Å². The molecule has 0 aliphatic heterocycles. The molecular weight excluding hydrogens is 176 g/mol. The van der Waals surface area contributed by atoms with Crippen LogP contribution in [0, 0.1) is 0 Å². The first-order valence-electron chi connectivity index (χ1n) is 5.87. The Bertz CT molecular complexity index is 167. The van der Waals surface area contributed by atoms with Crippen molar-refractivity contribution in [3.63, 3.8) is 0 Å². The number of nitrogens with zero attached hydrogens (tertiary/aromatic N) is 1. The van der Waals surface area contributed by atoms with Crippen LogP contribution < -0.4 is 5.32 Å². The summed E-state index contributed by atoms with van der Waals surface area (Å²) in [5.74, 6) is 0. The largest absolute Gasteiger partial charge is 0.379 e. The van der Waals surface area contributed by atoms with E-state index in [0.29, 0.717) is 0 Å². The van der Waals surface area contributed by atoms with Gasteiger partial charge in [-0.1, -0.05) is 0 Å². The predicted octanol–water partition coefficient (Wildman–Crippen LogP) is 0.849. The Labute approximate surface area is 86.8 Å². The Morgan fingerprint density at radius 2 is 2.00 bits per heavy atom. The van der Waals surface area contributed by atoms with E-state index < -0.39 is 0 Å². The van der Waals surface area contributed by atoms with Gasteiger partial charge in [0.1, 0.15) is 0 Å². The summed E-state index contributed by atoms with van der Waals surface area (Å²) in [6.45, 7) is 3.88. The summed E-state index contributed by atoms with van der Waals surface area (Å²) in [7, 11) is 2.20. The van der Waals surface area contributed by atoms with Crippen LogP contribution in [0.3, 0.4) is 0 Å². The zero-order valence-corrected chi connectivity index (χ0v) is 9.17. The van der Waals surface area contributed by atoms with E-state index in [1.54, 1.807) is 0 Å². The van der Waals surface area contributed by atoms with Crippen LogP contribution in [0.25, 0.3) is 0 Å². The van der Waals surface area contributed by atoms with Gasteiger partial charge in [-0.05, 0) is 32.7 Å². The van der Waals surface area contributed by atoms with Crippen molar-refractivity contribution in [3.05, 3.63) is 0 Å². The van der Waals surface area contributed by atoms with Crippen molar-refractivity contribution in [1.29, 1.82) is 0 Å². The topological polar surface area (TPSA) is 24.5 Å². The summed E-state index contributed by atoms with van der Waals surface area (Å²) in [5, 5.41) is 3.44. The minimum atomic E-state index is 0.813. The van der Waals surface area contributed by atoms with Gasteiger partial charge in [0.25, 0.3) is 0 Å². The average molecular weight is 198 g/mol. The molecule has 0 atom stereocenters. The lowest BCUT2D eigenvalue weighted by molar-refractivity contribution is 0.111. The highest BCUT2D eigenvalue weighted by Crippen LogP contribution is 2.24. The molecular formula is C11H22N2O. The molecule has 0 amide bonds. The van der Waals surface area contributed by atoms with Crippen molar-refractivity contribution < 1.29 is 4.74 Å². The Morgan fingerprint density at radius 3 is 2.64 bits per heavy atom. The first-order valence-corrected chi connectivity index (χ1v) is 5.87. The van der Waals surface area contributed by atoms with E-state index in [2.05, 4.69) is 17.3 Å². The smallest absolute Gasteiger partial charge is 0.0594 e. The van der Waals surface area contributed by atoms with E-state index >= 15 is 0 Å². The fourth-order valence-corrected chi connectivity index (χ4v) is 1.63. The molecule has 0 aromatic rings.